The number of hydrogen-bond acceptors (Lipinski definition) is 3. The van der Waals surface area contributed by atoms with E-state index in [1.165, 1.54) is 16.7 Å². The molecule has 0 atom stereocenters. The van der Waals surface area contributed by atoms with Gasteiger partial charge in [0.15, 0.2) is 0 Å². The van der Waals surface area contributed by atoms with Crippen molar-refractivity contribution >= 4 is 24.0 Å². The van der Waals surface area contributed by atoms with Crippen LogP contribution >= 0.6 is 12.4 Å². The number of rotatable bonds is 4. The molecule has 2 aromatic carbocycles. The third-order valence-electron chi connectivity index (χ3n) is 4.43. The molecule has 6 heteroatoms. The molecule has 1 aliphatic heterocycles. The third-order valence-corrected chi connectivity index (χ3v) is 4.43. The van der Waals surface area contributed by atoms with Gasteiger partial charge in [-0.05, 0) is 41.8 Å². The molecule has 5 nitrogen and oxygen atoms in total. The Hall–Kier alpha value is -2.63. The second-order valence-corrected chi connectivity index (χ2v) is 6.28. The van der Waals surface area contributed by atoms with E-state index in [-0.39, 0.29) is 18.3 Å². The fourth-order valence-electron chi connectivity index (χ4n) is 3.11. The number of aromatic nitrogens is 2. The van der Waals surface area contributed by atoms with Crippen LogP contribution in [-0.4, -0.2) is 22.2 Å². The van der Waals surface area contributed by atoms with Crippen LogP contribution in [0.25, 0.3) is 0 Å². The summed E-state index contributed by atoms with van der Waals surface area (Å²) in [6.07, 6.45) is 4.50. The normalized spacial score (nSPS) is 12.8. The van der Waals surface area contributed by atoms with Gasteiger partial charge in [0.2, 0.25) is 0 Å². The molecule has 0 saturated carbocycles. The molecule has 0 saturated heterocycles. The van der Waals surface area contributed by atoms with E-state index in [2.05, 4.69) is 27.9 Å². The van der Waals surface area contributed by atoms with Gasteiger partial charge in [0.25, 0.3) is 5.91 Å². The number of hydrogen-bond donors (Lipinski definition) is 2. The molecule has 3 aromatic rings. The van der Waals surface area contributed by atoms with Crippen molar-refractivity contribution in [3.63, 3.8) is 0 Å². The third kappa shape index (κ3) is 4.12. The van der Waals surface area contributed by atoms with Crippen LogP contribution in [-0.2, 0) is 19.5 Å². The van der Waals surface area contributed by atoms with Gasteiger partial charge in [0.05, 0.1) is 18.4 Å². The lowest BCUT2D eigenvalue weighted by Crippen LogP contribution is -2.24. The number of benzene rings is 2. The topological polar surface area (TPSA) is 59.0 Å². The van der Waals surface area contributed by atoms with Crippen LogP contribution < -0.4 is 10.6 Å². The second kappa shape index (κ2) is 8.17. The first-order valence-corrected chi connectivity index (χ1v) is 8.48. The number of carbonyl (C=O) groups is 1. The molecule has 1 aliphatic rings. The summed E-state index contributed by atoms with van der Waals surface area (Å²) >= 11 is 0. The van der Waals surface area contributed by atoms with Gasteiger partial charge in [-0.3, -0.25) is 9.48 Å². The van der Waals surface area contributed by atoms with Crippen LogP contribution in [0.3, 0.4) is 0 Å². The first kappa shape index (κ1) is 18.2. The quantitative estimate of drug-likeness (QED) is 0.743. The Morgan fingerprint density at radius 1 is 1.15 bits per heavy atom. The molecule has 4 rings (SSSR count). The number of nitrogens with one attached hydrogen (secondary N) is 2. The van der Waals surface area contributed by atoms with E-state index in [1.54, 1.807) is 6.20 Å². The zero-order valence-electron chi connectivity index (χ0n) is 14.3. The average Bonchev–Trinajstić information content (AvgIpc) is 3.09. The maximum Gasteiger partial charge on any atom is 0.255 e. The summed E-state index contributed by atoms with van der Waals surface area (Å²) in [5.74, 6) is -0.0967. The van der Waals surface area contributed by atoms with Gasteiger partial charge in [-0.15, -0.1) is 12.4 Å². The van der Waals surface area contributed by atoms with E-state index in [1.807, 2.05) is 47.3 Å². The smallest absolute Gasteiger partial charge is 0.255 e. The summed E-state index contributed by atoms with van der Waals surface area (Å²) in [5.41, 5.74) is 5.10. The van der Waals surface area contributed by atoms with Crippen LogP contribution in [0.1, 0.15) is 27.0 Å². The van der Waals surface area contributed by atoms with Crippen LogP contribution in [0.5, 0.6) is 0 Å². The Bertz CT molecular complexity index is 892. The minimum absolute atomic E-state index is 0. The minimum Gasteiger partial charge on any atom is -0.319 e. The standard InChI is InChI=1S/C20H20N4O.ClH/c25-20(17-6-7-18-11-21-9-8-16(18)10-17)23-19-12-22-24(14-19)13-15-4-2-1-3-5-15;/h1-7,10,12,14,21H,8-9,11,13H2,(H,23,25);1H. The Balaban J connectivity index is 0.00000196. The molecule has 0 unspecified atom stereocenters. The van der Waals surface area contributed by atoms with Crippen molar-refractivity contribution in [1.29, 1.82) is 0 Å². The van der Waals surface area contributed by atoms with Gasteiger partial charge in [-0.25, -0.2) is 0 Å². The molecule has 0 bridgehead atoms. The SMILES string of the molecule is Cl.O=C(Nc1cnn(Cc2ccccc2)c1)c1ccc2c(c1)CCNC2. The monoisotopic (exact) mass is 368 g/mol. The minimum atomic E-state index is -0.0967. The van der Waals surface area contributed by atoms with E-state index >= 15 is 0 Å². The van der Waals surface area contributed by atoms with Crippen molar-refractivity contribution < 1.29 is 4.79 Å². The summed E-state index contributed by atoms with van der Waals surface area (Å²) in [6.45, 7) is 2.52. The Labute approximate surface area is 158 Å². The van der Waals surface area contributed by atoms with E-state index < -0.39 is 0 Å². The first-order valence-electron chi connectivity index (χ1n) is 8.48. The fraction of sp³-hybridized carbons (Fsp3) is 0.200. The highest BCUT2D eigenvalue weighted by Gasteiger charge is 2.13. The van der Waals surface area contributed by atoms with E-state index in [9.17, 15) is 4.79 Å². The number of nitrogens with zero attached hydrogens (tertiary/aromatic N) is 2. The highest BCUT2D eigenvalue weighted by atomic mass is 35.5. The van der Waals surface area contributed by atoms with Crippen molar-refractivity contribution in [1.82, 2.24) is 15.1 Å². The van der Waals surface area contributed by atoms with E-state index in [0.29, 0.717) is 17.8 Å². The second-order valence-electron chi connectivity index (χ2n) is 6.28. The van der Waals surface area contributed by atoms with Crippen LogP contribution in [0, 0.1) is 0 Å². The number of carbonyl (C=O) groups excluding carboxylic acids is 1. The van der Waals surface area contributed by atoms with Gasteiger partial charge in [0, 0.05) is 18.3 Å². The van der Waals surface area contributed by atoms with Gasteiger partial charge in [0.1, 0.15) is 0 Å². The maximum atomic E-state index is 12.5. The zero-order chi connectivity index (χ0) is 17.1. The molecule has 2 N–H and O–H groups in total. The molecule has 0 aliphatic carbocycles. The number of amides is 1. The average molecular weight is 369 g/mol. The first-order chi connectivity index (χ1) is 12.3. The van der Waals surface area contributed by atoms with Crippen LogP contribution in [0.2, 0.25) is 0 Å². The number of fused-ring (bicyclic) bond motifs is 1. The highest BCUT2D eigenvalue weighted by Crippen LogP contribution is 2.17. The summed E-state index contributed by atoms with van der Waals surface area (Å²) in [7, 11) is 0. The lowest BCUT2D eigenvalue weighted by molar-refractivity contribution is 0.102. The largest absolute Gasteiger partial charge is 0.319 e. The van der Waals surface area contributed by atoms with Gasteiger partial charge in [-0.2, -0.15) is 5.10 Å². The summed E-state index contributed by atoms with van der Waals surface area (Å²) in [4.78, 5) is 12.5. The molecule has 134 valence electrons. The van der Waals surface area contributed by atoms with Gasteiger partial charge >= 0.3 is 0 Å². The van der Waals surface area contributed by atoms with E-state index in [0.717, 1.165) is 19.5 Å². The van der Waals surface area contributed by atoms with E-state index in [4.69, 9.17) is 0 Å². The summed E-state index contributed by atoms with van der Waals surface area (Å²) in [6, 6.07) is 16.0. The molecule has 0 radical (unpaired) electrons. The lowest BCUT2D eigenvalue weighted by atomic mass is 9.98. The number of halogens is 1. The molecular formula is C20H21ClN4O. The van der Waals surface area contributed by atoms with Crippen LogP contribution in [0.15, 0.2) is 60.9 Å². The Morgan fingerprint density at radius 3 is 2.85 bits per heavy atom. The molecule has 0 spiro atoms. The highest BCUT2D eigenvalue weighted by molar-refractivity contribution is 6.04. The molecule has 0 fully saturated rings. The van der Waals surface area contributed by atoms with Crippen molar-refractivity contribution in [2.75, 3.05) is 11.9 Å². The molecular weight excluding hydrogens is 348 g/mol. The number of anilines is 1. The maximum absolute atomic E-state index is 12.5. The van der Waals surface area contributed by atoms with Crippen molar-refractivity contribution in [2.45, 2.75) is 19.5 Å². The molecule has 1 aromatic heterocycles. The Morgan fingerprint density at radius 2 is 2.00 bits per heavy atom. The fourth-order valence-corrected chi connectivity index (χ4v) is 3.11. The van der Waals surface area contributed by atoms with Crippen molar-refractivity contribution in [3.05, 3.63) is 83.2 Å². The predicted molar refractivity (Wildman–Crippen MR) is 105 cm³/mol. The van der Waals surface area contributed by atoms with Gasteiger partial charge < -0.3 is 10.6 Å². The van der Waals surface area contributed by atoms with Crippen molar-refractivity contribution in [3.8, 4) is 0 Å². The molecule has 26 heavy (non-hydrogen) atoms. The molecule has 1 amide bonds. The molecule has 2 heterocycles. The predicted octanol–water partition coefficient (Wildman–Crippen LogP) is 3.25. The van der Waals surface area contributed by atoms with Gasteiger partial charge in [-0.1, -0.05) is 36.4 Å². The summed E-state index contributed by atoms with van der Waals surface area (Å²) in [5, 5.41) is 10.6. The lowest BCUT2D eigenvalue weighted by Gasteiger charge is -2.17. The van der Waals surface area contributed by atoms with Crippen LogP contribution in [0.4, 0.5) is 5.69 Å². The Kier molecular flexibility index (Phi) is 5.71. The summed E-state index contributed by atoms with van der Waals surface area (Å²) < 4.78 is 1.82. The van der Waals surface area contributed by atoms with Crippen molar-refractivity contribution in [2.24, 2.45) is 0 Å². The zero-order valence-corrected chi connectivity index (χ0v) is 15.1.